The summed E-state index contributed by atoms with van der Waals surface area (Å²) in [4.78, 5) is 10.6. The number of ether oxygens (including phenoxy) is 1. The first-order valence-corrected chi connectivity index (χ1v) is 7.06. The molecule has 0 aromatic heterocycles. The van der Waals surface area contributed by atoms with Gasteiger partial charge in [0, 0.05) is 16.3 Å². The number of nitrogens with zero attached hydrogens (tertiary/aromatic N) is 1. The minimum absolute atomic E-state index is 0.308. The molecule has 2 aromatic carbocycles. The summed E-state index contributed by atoms with van der Waals surface area (Å²) in [6.07, 6.45) is 0. The second kappa shape index (κ2) is 6.97. The lowest BCUT2D eigenvalue weighted by molar-refractivity contribution is -0.120. The number of nitrogens with one attached hydrogen (secondary N) is 1. The van der Waals surface area contributed by atoms with E-state index in [4.69, 9.17) is 16.3 Å². The molecular weight excluding hydrogens is 300 g/mol. The topological polar surface area (TPSA) is 62.1 Å². The van der Waals surface area contributed by atoms with E-state index in [2.05, 4.69) is 11.4 Å². The van der Waals surface area contributed by atoms with Crippen LogP contribution in [0, 0.1) is 25.2 Å². The first-order chi connectivity index (χ1) is 10.5. The lowest BCUT2D eigenvalue weighted by Crippen LogP contribution is -2.10. The highest BCUT2D eigenvalue weighted by atomic mass is 35.5. The van der Waals surface area contributed by atoms with Crippen LogP contribution in [0.25, 0.3) is 0 Å². The third-order valence-corrected chi connectivity index (χ3v) is 3.64. The zero-order valence-corrected chi connectivity index (χ0v) is 13.0. The Kier molecular flexibility index (Phi) is 5.03. The average molecular weight is 315 g/mol. The van der Waals surface area contributed by atoms with Gasteiger partial charge in [-0.2, -0.15) is 5.26 Å². The number of halogens is 1. The van der Waals surface area contributed by atoms with Gasteiger partial charge in [-0.25, -0.2) is 0 Å². The number of benzene rings is 2. The maximum absolute atomic E-state index is 10.6. The minimum atomic E-state index is -0.684. The lowest BCUT2D eigenvalue weighted by Gasteiger charge is -2.17. The van der Waals surface area contributed by atoms with E-state index in [1.165, 1.54) is 5.56 Å². The Labute approximate surface area is 134 Å². The third-order valence-electron chi connectivity index (χ3n) is 3.40. The normalized spacial score (nSPS) is 11.4. The van der Waals surface area contributed by atoms with Crippen molar-refractivity contribution in [2.45, 2.75) is 19.9 Å². The molecule has 1 N–H and O–H groups in total. The molecule has 0 saturated heterocycles. The van der Waals surface area contributed by atoms with Crippen LogP contribution in [-0.4, -0.2) is 6.47 Å². The standard InChI is InChI=1S/C17H15ClN2O2/c1-11-3-5-14(7-12(11)2)20-16(9-19)15-8-13(18)4-6-17(15)22-10-21/h3-8,10,16,20H,1-2H3. The van der Waals surface area contributed by atoms with Crippen LogP contribution >= 0.6 is 11.6 Å². The summed E-state index contributed by atoms with van der Waals surface area (Å²) in [7, 11) is 0. The van der Waals surface area contributed by atoms with E-state index < -0.39 is 6.04 Å². The fourth-order valence-corrected chi connectivity index (χ4v) is 2.26. The first-order valence-electron chi connectivity index (χ1n) is 6.68. The summed E-state index contributed by atoms with van der Waals surface area (Å²) in [5.74, 6) is 0.308. The number of carbonyl (C=O) groups is 1. The minimum Gasteiger partial charge on any atom is -0.428 e. The van der Waals surface area contributed by atoms with Crippen molar-refractivity contribution in [3.63, 3.8) is 0 Å². The smallest absolute Gasteiger partial charge is 0.298 e. The number of hydrogen-bond donors (Lipinski definition) is 1. The molecule has 0 heterocycles. The summed E-state index contributed by atoms with van der Waals surface area (Å²) in [6, 6.07) is 12.1. The molecule has 0 bridgehead atoms. The van der Waals surface area contributed by atoms with E-state index in [9.17, 15) is 10.1 Å². The Hall–Kier alpha value is -2.51. The van der Waals surface area contributed by atoms with E-state index in [-0.39, 0.29) is 0 Å². The van der Waals surface area contributed by atoms with Gasteiger partial charge in [0.1, 0.15) is 11.8 Å². The Balaban J connectivity index is 2.35. The van der Waals surface area contributed by atoms with Crippen LogP contribution in [0.4, 0.5) is 5.69 Å². The van der Waals surface area contributed by atoms with Gasteiger partial charge in [0.25, 0.3) is 6.47 Å². The summed E-state index contributed by atoms with van der Waals surface area (Å²) in [6.45, 7) is 4.35. The largest absolute Gasteiger partial charge is 0.428 e. The van der Waals surface area contributed by atoms with Gasteiger partial charge < -0.3 is 10.1 Å². The van der Waals surface area contributed by atoms with E-state index in [1.807, 2.05) is 32.0 Å². The van der Waals surface area contributed by atoms with Crippen molar-refractivity contribution < 1.29 is 9.53 Å². The van der Waals surface area contributed by atoms with Crippen molar-refractivity contribution in [2.75, 3.05) is 5.32 Å². The second-order valence-electron chi connectivity index (χ2n) is 4.90. The number of carbonyl (C=O) groups excluding carboxylic acids is 1. The molecule has 0 saturated carbocycles. The molecule has 0 aliphatic heterocycles. The quantitative estimate of drug-likeness (QED) is 0.841. The number of anilines is 1. The van der Waals surface area contributed by atoms with Gasteiger partial charge in [0.2, 0.25) is 0 Å². The number of aryl methyl sites for hydroxylation is 2. The highest BCUT2D eigenvalue weighted by Crippen LogP contribution is 2.30. The van der Waals surface area contributed by atoms with Gasteiger partial charge in [0.05, 0.1) is 6.07 Å². The molecule has 22 heavy (non-hydrogen) atoms. The maximum Gasteiger partial charge on any atom is 0.298 e. The Morgan fingerprint density at radius 1 is 1.23 bits per heavy atom. The van der Waals surface area contributed by atoms with Crippen LogP contribution in [-0.2, 0) is 4.79 Å². The zero-order chi connectivity index (χ0) is 16.1. The molecule has 5 heteroatoms. The van der Waals surface area contributed by atoms with Crippen LogP contribution in [0.2, 0.25) is 5.02 Å². The molecule has 0 aliphatic rings. The molecule has 1 atom stereocenters. The van der Waals surface area contributed by atoms with Crippen molar-refractivity contribution in [2.24, 2.45) is 0 Å². The van der Waals surface area contributed by atoms with Crippen LogP contribution in [0.1, 0.15) is 22.7 Å². The zero-order valence-electron chi connectivity index (χ0n) is 12.3. The van der Waals surface area contributed by atoms with Gasteiger partial charge in [-0.3, -0.25) is 4.79 Å². The van der Waals surface area contributed by atoms with Crippen molar-refractivity contribution in [3.05, 3.63) is 58.1 Å². The van der Waals surface area contributed by atoms with E-state index in [0.29, 0.717) is 22.8 Å². The third kappa shape index (κ3) is 3.57. The predicted octanol–water partition coefficient (Wildman–Crippen LogP) is 4.17. The monoisotopic (exact) mass is 314 g/mol. The lowest BCUT2D eigenvalue weighted by atomic mass is 10.1. The van der Waals surface area contributed by atoms with Crippen LogP contribution in [0.3, 0.4) is 0 Å². The molecule has 0 spiro atoms. The van der Waals surface area contributed by atoms with Gasteiger partial charge in [-0.05, 0) is 55.3 Å². The molecule has 112 valence electrons. The van der Waals surface area contributed by atoms with Crippen molar-refractivity contribution >= 4 is 23.8 Å². The summed E-state index contributed by atoms with van der Waals surface area (Å²) in [5, 5.41) is 13.0. The number of hydrogen-bond acceptors (Lipinski definition) is 4. The van der Waals surface area contributed by atoms with Crippen molar-refractivity contribution in [1.82, 2.24) is 0 Å². The summed E-state index contributed by atoms with van der Waals surface area (Å²) in [5.41, 5.74) is 3.62. The molecule has 4 nitrogen and oxygen atoms in total. The van der Waals surface area contributed by atoms with Crippen molar-refractivity contribution in [3.8, 4) is 11.8 Å². The summed E-state index contributed by atoms with van der Waals surface area (Å²) >= 11 is 5.99. The van der Waals surface area contributed by atoms with E-state index >= 15 is 0 Å². The second-order valence-corrected chi connectivity index (χ2v) is 5.34. The Morgan fingerprint density at radius 2 is 2.00 bits per heavy atom. The number of rotatable bonds is 5. The molecule has 0 radical (unpaired) electrons. The van der Waals surface area contributed by atoms with Gasteiger partial charge in [-0.15, -0.1) is 0 Å². The Morgan fingerprint density at radius 3 is 2.64 bits per heavy atom. The van der Waals surface area contributed by atoms with Crippen LogP contribution < -0.4 is 10.1 Å². The number of nitriles is 1. The summed E-state index contributed by atoms with van der Waals surface area (Å²) < 4.78 is 4.93. The average Bonchev–Trinajstić information content (AvgIpc) is 2.50. The molecular formula is C17H15ClN2O2. The van der Waals surface area contributed by atoms with Gasteiger partial charge in [0.15, 0.2) is 0 Å². The molecule has 0 aliphatic carbocycles. The fraction of sp³-hybridized carbons (Fsp3) is 0.176. The highest BCUT2D eigenvalue weighted by Gasteiger charge is 2.17. The molecule has 2 aromatic rings. The van der Waals surface area contributed by atoms with Crippen LogP contribution in [0.5, 0.6) is 5.75 Å². The maximum atomic E-state index is 10.6. The van der Waals surface area contributed by atoms with Crippen LogP contribution in [0.15, 0.2) is 36.4 Å². The molecule has 1 unspecified atom stereocenters. The SMILES string of the molecule is Cc1ccc(NC(C#N)c2cc(Cl)ccc2OC=O)cc1C. The molecule has 2 rings (SSSR count). The Bertz CT molecular complexity index is 738. The van der Waals surface area contributed by atoms with E-state index in [1.54, 1.807) is 18.2 Å². The van der Waals surface area contributed by atoms with Crippen molar-refractivity contribution in [1.29, 1.82) is 5.26 Å². The van der Waals surface area contributed by atoms with Gasteiger partial charge >= 0.3 is 0 Å². The first kappa shape index (κ1) is 15.9. The highest BCUT2D eigenvalue weighted by molar-refractivity contribution is 6.30. The fourth-order valence-electron chi connectivity index (χ4n) is 2.08. The van der Waals surface area contributed by atoms with Gasteiger partial charge in [-0.1, -0.05) is 17.7 Å². The molecule has 0 fully saturated rings. The molecule has 0 amide bonds. The predicted molar refractivity (Wildman–Crippen MR) is 86.0 cm³/mol. The van der Waals surface area contributed by atoms with E-state index in [0.717, 1.165) is 11.3 Å².